The third kappa shape index (κ3) is 3.68. The molecule has 0 aliphatic carbocycles. The van der Waals surface area contributed by atoms with Crippen LogP contribution in [0.2, 0.25) is 0 Å². The van der Waals surface area contributed by atoms with E-state index in [2.05, 4.69) is 10.6 Å². The summed E-state index contributed by atoms with van der Waals surface area (Å²) in [6.07, 6.45) is 2.19. The third-order valence-corrected chi connectivity index (χ3v) is 5.66. The minimum Gasteiger partial charge on any atom is -0.468 e. The van der Waals surface area contributed by atoms with Crippen molar-refractivity contribution in [3.05, 3.63) is 59.0 Å². The summed E-state index contributed by atoms with van der Waals surface area (Å²) in [5, 5.41) is 5.69. The topological polar surface area (TPSA) is 118 Å². The Hall–Kier alpha value is -2.97. The molecule has 3 amide bonds. The second kappa shape index (κ2) is 7.81. The lowest BCUT2D eigenvalue weighted by Gasteiger charge is -2.29. The molecule has 2 aromatic rings. The molecular weight excluding hydrogens is 372 g/mol. The molecule has 29 heavy (non-hydrogen) atoms. The summed E-state index contributed by atoms with van der Waals surface area (Å²) in [6.45, 7) is 2.80. The zero-order valence-electron chi connectivity index (χ0n) is 16.2. The number of rotatable bonds is 6. The summed E-state index contributed by atoms with van der Waals surface area (Å²) in [4.78, 5) is 38.3. The van der Waals surface area contributed by atoms with Gasteiger partial charge in [-0.1, -0.05) is 18.2 Å². The van der Waals surface area contributed by atoms with Crippen LogP contribution in [0.4, 0.5) is 0 Å². The van der Waals surface area contributed by atoms with Gasteiger partial charge in [-0.15, -0.1) is 0 Å². The van der Waals surface area contributed by atoms with Crippen LogP contribution in [0, 0.1) is 0 Å². The molecule has 0 saturated carbocycles. The SMILES string of the molecule is CC(NCc1cccc2c1C(=O)N(C1CCC(=O)NC1=O)C2)C(N)c1ccco1. The van der Waals surface area contributed by atoms with Crippen LogP contribution in [0.3, 0.4) is 0 Å². The van der Waals surface area contributed by atoms with E-state index in [1.165, 1.54) is 0 Å². The highest BCUT2D eigenvalue weighted by atomic mass is 16.3. The van der Waals surface area contributed by atoms with E-state index in [0.29, 0.717) is 30.8 Å². The van der Waals surface area contributed by atoms with Crippen molar-refractivity contribution in [2.45, 2.75) is 51.0 Å². The minimum absolute atomic E-state index is 0.0697. The van der Waals surface area contributed by atoms with Gasteiger partial charge >= 0.3 is 0 Å². The average molecular weight is 396 g/mol. The van der Waals surface area contributed by atoms with Gasteiger partial charge in [-0.05, 0) is 36.6 Å². The van der Waals surface area contributed by atoms with E-state index in [1.54, 1.807) is 17.2 Å². The van der Waals surface area contributed by atoms with Gasteiger partial charge in [0.1, 0.15) is 11.8 Å². The first-order chi connectivity index (χ1) is 14.0. The highest BCUT2D eigenvalue weighted by Gasteiger charge is 2.39. The van der Waals surface area contributed by atoms with Crippen LogP contribution >= 0.6 is 0 Å². The number of carbonyl (C=O) groups excluding carboxylic acids is 3. The predicted octanol–water partition coefficient (Wildman–Crippen LogP) is 1.22. The number of imide groups is 1. The van der Waals surface area contributed by atoms with Gasteiger partial charge in [0.15, 0.2) is 0 Å². The summed E-state index contributed by atoms with van der Waals surface area (Å²) in [7, 11) is 0. The van der Waals surface area contributed by atoms with Crippen LogP contribution in [0.15, 0.2) is 41.0 Å². The first-order valence-electron chi connectivity index (χ1n) is 9.73. The Morgan fingerprint density at radius 2 is 2.10 bits per heavy atom. The zero-order valence-corrected chi connectivity index (χ0v) is 16.2. The van der Waals surface area contributed by atoms with E-state index in [-0.39, 0.29) is 30.3 Å². The molecule has 2 aliphatic rings. The molecular formula is C21H24N4O4. The fraction of sp³-hybridized carbons (Fsp3) is 0.381. The van der Waals surface area contributed by atoms with Crippen molar-refractivity contribution in [3.63, 3.8) is 0 Å². The van der Waals surface area contributed by atoms with Crippen LogP contribution < -0.4 is 16.4 Å². The van der Waals surface area contributed by atoms with Crippen LogP contribution in [0.25, 0.3) is 0 Å². The number of amides is 3. The van der Waals surface area contributed by atoms with Crippen molar-refractivity contribution in [2.75, 3.05) is 0 Å². The monoisotopic (exact) mass is 396 g/mol. The van der Waals surface area contributed by atoms with E-state index in [0.717, 1.165) is 11.1 Å². The van der Waals surface area contributed by atoms with Crippen LogP contribution in [0.5, 0.6) is 0 Å². The molecule has 1 aromatic heterocycles. The molecule has 3 heterocycles. The lowest BCUT2D eigenvalue weighted by molar-refractivity contribution is -0.136. The Morgan fingerprint density at radius 1 is 1.28 bits per heavy atom. The molecule has 0 radical (unpaired) electrons. The Kier molecular flexibility index (Phi) is 5.21. The molecule has 3 unspecified atom stereocenters. The van der Waals surface area contributed by atoms with Crippen LogP contribution in [0.1, 0.15) is 53.1 Å². The van der Waals surface area contributed by atoms with E-state index >= 15 is 0 Å². The summed E-state index contributed by atoms with van der Waals surface area (Å²) in [5.74, 6) is -0.166. The van der Waals surface area contributed by atoms with Gasteiger partial charge in [-0.2, -0.15) is 0 Å². The molecule has 1 aromatic carbocycles. The molecule has 0 spiro atoms. The van der Waals surface area contributed by atoms with Crippen molar-refractivity contribution < 1.29 is 18.8 Å². The van der Waals surface area contributed by atoms with Crippen LogP contribution in [-0.2, 0) is 22.7 Å². The first-order valence-corrected chi connectivity index (χ1v) is 9.73. The Labute approximate surface area is 168 Å². The molecule has 2 aliphatic heterocycles. The number of nitrogens with zero attached hydrogens (tertiary/aromatic N) is 1. The summed E-state index contributed by atoms with van der Waals surface area (Å²) < 4.78 is 5.37. The van der Waals surface area contributed by atoms with Crippen molar-refractivity contribution >= 4 is 17.7 Å². The second-order valence-corrected chi connectivity index (χ2v) is 7.56. The number of nitrogens with one attached hydrogen (secondary N) is 2. The quantitative estimate of drug-likeness (QED) is 0.632. The molecule has 8 nitrogen and oxygen atoms in total. The van der Waals surface area contributed by atoms with E-state index in [4.69, 9.17) is 10.2 Å². The van der Waals surface area contributed by atoms with Crippen molar-refractivity contribution in [1.82, 2.24) is 15.5 Å². The van der Waals surface area contributed by atoms with Gasteiger partial charge in [0.2, 0.25) is 11.8 Å². The van der Waals surface area contributed by atoms with Gasteiger partial charge in [0.05, 0.1) is 12.3 Å². The number of furan rings is 1. The van der Waals surface area contributed by atoms with Crippen molar-refractivity contribution in [2.24, 2.45) is 5.73 Å². The molecule has 3 atom stereocenters. The minimum atomic E-state index is -0.611. The standard InChI is InChI=1S/C21H24N4O4/c1-12(19(22)16-6-3-9-29-16)23-10-13-4-2-5-14-11-25(21(28)18(13)14)15-7-8-17(26)24-20(15)27/h2-6,9,12,15,19,23H,7-8,10-11,22H2,1H3,(H,24,26,27). The molecule has 4 N–H and O–H groups in total. The maximum atomic E-state index is 13.1. The number of hydrogen-bond donors (Lipinski definition) is 3. The molecule has 8 heteroatoms. The predicted molar refractivity (Wildman–Crippen MR) is 104 cm³/mol. The Balaban J connectivity index is 1.47. The molecule has 1 saturated heterocycles. The smallest absolute Gasteiger partial charge is 0.255 e. The van der Waals surface area contributed by atoms with Gasteiger partial charge in [-0.3, -0.25) is 19.7 Å². The Morgan fingerprint density at radius 3 is 2.83 bits per heavy atom. The van der Waals surface area contributed by atoms with E-state index < -0.39 is 11.9 Å². The highest BCUT2D eigenvalue weighted by Crippen LogP contribution is 2.30. The average Bonchev–Trinajstić information content (AvgIpc) is 3.34. The van der Waals surface area contributed by atoms with Gasteiger partial charge < -0.3 is 20.4 Å². The van der Waals surface area contributed by atoms with Crippen molar-refractivity contribution in [3.8, 4) is 0 Å². The van der Waals surface area contributed by atoms with E-state index in [1.807, 2.05) is 31.2 Å². The highest BCUT2D eigenvalue weighted by molar-refractivity contribution is 6.05. The summed E-state index contributed by atoms with van der Waals surface area (Å²) in [6, 6.07) is 8.37. The maximum Gasteiger partial charge on any atom is 0.255 e. The fourth-order valence-electron chi connectivity index (χ4n) is 3.96. The normalized spacial score (nSPS) is 21.1. The maximum absolute atomic E-state index is 13.1. The number of benzene rings is 1. The Bertz CT molecular complexity index is 940. The van der Waals surface area contributed by atoms with E-state index in [9.17, 15) is 14.4 Å². The summed E-state index contributed by atoms with van der Waals surface area (Å²) in [5.41, 5.74) is 8.61. The van der Waals surface area contributed by atoms with Crippen LogP contribution in [-0.4, -0.2) is 34.7 Å². The molecule has 152 valence electrons. The first kappa shape index (κ1) is 19.4. The largest absolute Gasteiger partial charge is 0.468 e. The van der Waals surface area contributed by atoms with Gasteiger partial charge in [0.25, 0.3) is 5.91 Å². The number of hydrogen-bond acceptors (Lipinski definition) is 6. The second-order valence-electron chi connectivity index (χ2n) is 7.56. The zero-order chi connectivity index (χ0) is 20.5. The van der Waals surface area contributed by atoms with Gasteiger partial charge in [0, 0.05) is 31.1 Å². The molecule has 1 fully saturated rings. The van der Waals surface area contributed by atoms with Gasteiger partial charge in [-0.25, -0.2) is 0 Å². The molecule has 4 rings (SSSR count). The third-order valence-electron chi connectivity index (χ3n) is 5.66. The number of fused-ring (bicyclic) bond motifs is 1. The number of nitrogens with two attached hydrogens (primary N) is 1. The fourth-order valence-corrected chi connectivity index (χ4v) is 3.96. The van der Waals surface area contributed by atoms with Crippen molar-refractivity contribution in [1.29, 1.82) is 0 Å². The summed E-state index contributed by atoms with van der Waals surface area (Å²) >= 11 is 0. The lowest BCUT2D eigenvalue weighted by Crippen LogP contribution is -2.52. The lowest BCUT2D eigenvalue weighted by atomic mass is 10.0. The molecule has 0 bridgehead atoms. The number of carbonyl (C=O) groups is 3. The number of piperidine rings is 1.